The molecule has 1 saturated heterocycles. The van der Waals surface area contributed by atoms with Crippen molar-refractivity contribution in [2.75, 3.05) is 24.3 Å². The van der Waals surface area contributed by atoms with Crippen LogP contribution in [-0.4, -0.2) is 45.8 Å². The minimum atomic E-state index is -0.482. The number of carbonyl (C=O) groups is 1. The molecule has 0 aliphatic carbocycles. The Morgan fingerprint density at radius 2 is 2.00 bits per heavy atom. The van der Waals surface area contributed by atoms with E-state index in [0.717, 1.165) is 23.7 Å². The number of nitrogens with zero attached hydrogens (tertiary/aromatic N) is 3. The van der Waals surface area contributed by atoms with Crippen LogP contribution in [0.1, 0.15) is 12.8 Å². The molecule has 0 atom stereocenters. The number of ether oxygens (including phenoxy) is 1. The second-order valence-corrected chi connectivity index (χ2v) is 7.66. The van der Waals surface area contributed by atoms with Crippen molar-refractivity contribution in [1.29, 1.82) is 0 Å². The number of benzene rings is 2. The Kier molecular flexibility index (Phi) is 6.20. The van der Waals surface area contributed by atoms with Gasteiger partial charge in [0.1, 0.15) is 35.7 Å². The van der Waals surface area contributed by atoms with E-state index < -0.39 is 5.82 Å². The summed E-state index contributed by atoms with van der Waals surface area (Å²) >= 11 is 11.5. The molecule has 1 fully saturated rings. The molecule has 4 rings (SSSR count). The predicted molar refractivity (Wildman–Crippen MR) is 115 cm³/mol. The zero-order valence-electron chi connectivity index (χ0n) is 15.9. The lowest BCUT2D eigenvalue weighted by molar-refractivity contribution is -0.130. The van der Waals surface area contributed by atoms with Crippen LogP contribution in [0.2, 0.25) is 5.02 Å². The first kappa shape index (κ1) is 20.6. The molecular formula is C21H19Cl2FN4O2. The van der Waals surface area contributed by atoms with E-state index >= 15 is 0 Å². The number of rotatable bonds is 5. The van der Waals surface area contributed by atoms with Crippen LogP contribution in [0, 0.1) is 5.82 Å². The number of hydrogen-bond donors (Lipinski definition) is 1. The normalized spacial score (nSPS) is 14.7. The number of amides is 1. The van der Waals surface area contributed by atoms with Gasteiger partial charge in [-0.05, 0) is 36.4 Å². The molecule has 0 unspecified atom stereocenters. The zero-order chi connectivity index (χ0) is 21.1. The van der Waals surface area contributed by atoms with E-state index in [1.54, 1.807) is 11.0 Å². The Balaban J connectivity index is 1.51. The molecule has 6 nitrogen and oxygen atoms in total. The Bertz CT molecular complexity index is 1070. The van der Waals surface area contributed by atoms with E-state index in [4.69, 9.17) is 27.9 Å². The van der Waals surface area contributed by atoms with Crippen LogP contribution < -0.4 is 10.1 Å². The number of fused-ring (bicyclic) bond motifs is 1. The maximum atomic E-state index is 13.4. The molecule has 0 radical (unpaired) electrons. The average molecular weight is 449 g/mol. The maximum Gasteiger partial charge on any atom is 0.237 e. The second kappa shape index (κ2) is 9.02. The highest BCUT2D eigenvalue weighted by Gasteiger charge is 2.23. The van der Waals surface area contributed by atoms with Crippen molar-refractivity contribution in [2.24, 2.45) is 0 Å². The lowest BCUT2D eigenvalue weighted by Gasteiger charge is -2.31. The molecule has 1 aliphatic rings. The van der Waals surface area contributed by atoms with Crippen LogP contribution in [0.25, 0.3) is 10.9 Å². The van der Waals surface area contributed by atoms with Gasteiger partial charge in [0.15, 0.2) is 0 Å². The number of nitrogens with one attached hydrogen (secondary N) is 1. The van der Waals surface area contributed by atoms with Crippen molar-refractivity contribution in [3.05, 3.63) is 53.6 Å². The molecule has 0 spiro atoms. The van der Waals surface area contributed by atoms with Gasteiger partial charge in [0.2, 0.25) is 5.91 Å². The molecule has 1 N–H and O–H groups in total. The van der Waals surface area contributed by atoms with Crippen LogP contribution in [0.15, 0.2) is 42.7 Å². The van der Waals surface area contributed by atoms with Gasteiger partial charge in [-0.3, -0.25) is 4.79 Å². The van der Waals surface area contributed by atoms with E-state index in [1.165, 1.54) is 18.5 Å². The molecule has 156 valence electrons. The predicted octanol–water partition coefficient (Wildman–Crippen LogP) is 4.77. The minimum absolute atomic E-state index is 0.00520. The number of piperidine rings is 1. The van der Waals surface area contributed by atoms with Gasteiger partial charge < -0.3 is 15.0 Å². The highest BCUT2D eigenvalue weighted by atomic mass is 35.5. The van der Waals surface area contributed by atoms with Gasteiger partial charge in [0.05, 0.1) is 10.5 Å². The minimum Gasteiger partial charge on any atom is -0.490 e. The number of likely N-dealkylation sites (tertiary alicyclic amines) is 1. The van der Waals surface area contributed by atoms with Gasteiger partial charge in [-0.25, -0.2) is 14.4 Å². The van der Waals surface area contributed by atoms with Crippen molar-refractivity contribution in [3.8, 4) is 5.75 Å². The van der Waals surface area contributed by atoms with Crippen LogP contribution in [0.5, 0.6) is 5.75 Å². The topological polar surface area (TPSA) is 67.4 Å². The Morgan fingerprint density at radius 1 is 1.20 bits per heavy atom. The summed E-state index contributed by atoms with van der Waals surface area (Å²) in [4.78, 5) is 22.1. The fourth-order valence-corrected chi connectivity index (χ4v) is 3.77. The quantitative estimate of drug-likeness (QED) is 0.569. The molecule has 0 bridgehead atoms. The molecule has 1 amide bonds. The maximum absolute atomic E-state index is 13.4. The summed E-state index contributed by atoms with van der Waals surface area (Å²) in [5.74, 6) is 0.736. The Morgan fingerprint density at radius 3 is 2.73 bits per heavy atom. The Hall–Kier alpha value is -2.64. The molecule has 30 heavy (non-hydrogen) atoms. The summed E-state index contributed by atoms with van der Waals surface area (Å²) in [7, 11) is 0. The third-order valence-electron chi connectivity index (χ3n) is 5.00. The Labute approximate surface area is 183 Å². The second-order valence-electron chi connectivity index (χ2n) is 6.99. The highest BCUT2D eigenvalue weighted by Crippen LogP contribution is 2.29. The number of aromatic nitrogens is 2. The average Bonchev–Trinajstić information content (AvgIpc) is 2.77. The van der Waals surface area contributed by atoms with Gasteiger partial charge in [0.25, 0.3) is 0 Å². The third kappa shape index (κ3) is 4.57. The van der Waals surface area contributed by atoms with Crippen molar-refractivity contribution in [3.63, 3.8) is 0 Å². The summed E-state index contributed by atoms with van der Waals surface area (Å²) in [5, 5.41) is 3.95. The number of hydrogen-bond acceptors (Lipinski definition) is 5. The molecule has 1 aromatic heterocycles. The molecule has 0 saturated carbocycles. The van der Waals surface area contributed by atoms with Crippen LogP contribution >= 0.6 is 23.2 Å². The molecule has 9 heteroatoms. The van der Waals surface area contributed by atoms with Crippen molar-refractivity contribution in [1.82, 2.24) is 14.9 Å². The standard InChI is InChI=1S/C21H19Cl2FN4O2/c22-11-20(29)28-7-5-14(6-8-28)30-15-2-4-19-16(10-15)21(26-12-25-19)27-13-1-3-18(24)17(23)9-13/h1-4,9-10,12,14H,5-8,11H2,(H,25,26,27). The summed E-state index contributed by atoms with van der Waals surface area (Å²) in [6.45, 7) is 1.26. The highest BCUT2D eigenvalue weighted by molar-refractivity contribution is 6.31. The van der Waals surface area contributed by atoms with E-state index in [0.29, 0.717) is 30.3 Å². The third-order valence-corrected chi connectivity index (χ3v) is 5.52. The summed E-state index contributed by atoms with van der Waals surface area (Å²) in [6, 6.07) is 9.99. The number of carbonyl (C=O) groups excluding carboxylic acids is 1. The lowest BCUT2D eigenvalue weighted by Crippen LogP contribution is -2.42. The largest absolute Gasteiger partial charge is 0.490 e. The smallest absolute Gasteiger partial charge is 0.237 e. The van der Waals surface area contributed by atoms with Crippen LogP contribution in [0.3, 0.4) is 0 Å². The van der Waals surface area contributed by atoms with Gasteiger partial charge in [-0.2, -0.15) is 0 Å². The van der Waals surface area contributed by atoms with E-state index in [9.17, 15) is 9.18 Å². The molecule has 1 aliphatic heterocycles. The van der Waals surface area contributed by atoms with Crippen LogP contribution in [-0.2, 0) is 4.79 Å². The first-order valence-electron chi connectivity index (χ1n) is 9.50. The summed E-state index contributed by atoms with van der Waals surface area (Å²) in [5.41, 5.74) is 1.36. The fourth-order valence-electron chi connectivity index (χ4n) is 3.42. The number of halogens is 3. The van der Waals surface area contributed by atoms with Crippen molar-refractivity contribution in [2.45, 2.75) is 18.9 Å². The van der Waals surface area contributed by atoms with Gasteiger partial charge in [0, 0.05) is 37.0 Å². The van der Waals surface area contributed by atoms with Crippen LogP contribution in [0.4, 0.5) is 15.9 Å². The summed E-state index contributed by atoms with van der Waals surface area (Å²) < 4.78 is 19.6. The van der Waals surface area contributed by atoms with Crippen molar-refractivity contribution < 1.29 is 13.9 Å². The van der Waals surface area contributed by atoms with Gasteiger partial charge in [-0.15, -0.1) is 11.6 Å². The van der Waals surface area contributed by atoms with E-state index in [-0.39, 0.29) is 22.9 Å². The SMILES string of the molecule is O=C(CCl)N1CCC(Oc2ccc3ncnc(Nc4ccc(F)c(Cl)c4)c3c2)CC1. The van der Waals surface area contributed by atoms with Gasteiger partial charge >= 0.3 is 0 Å². The molecule has 3 aromatic rings. The summed E-state index contributed by atoms with van der Waals surface area (Å²) in [6.07, 6.45) is 2.95. The molecular weight excluding hydrogens is 430 g/mol. The molecule has 2 aromatic carbocycles. The number of alkyl halides is 1. The van der Waals surface area contributed by atoms with Gasteiger partial charge in [-0.1, -0.05) is 11.6 Å². The first-order chi connectivity index (χ1) is 14.5. The monoisotopic (exact) mass is 448 g/mol. The molecule has 2 heterocycles. The van der Waals surface area contributed by atoms with E-state index in [2.05, 4.69) is 15.3 Å². The van der Waals surface area contributed by atoms with E-state index in [1.807, 2.05) is 18.2 Å². The zero-order valence-corrected chi connectivity index (χ0v) is 17.5. The fraction of sp³-hybridized carbons (Fsp3) is 0.286. The van der Waals surface area contributed by atoms with Crippen molar-refractivity contribution >= 4 is 51.5 Å². The first-order valence-corrected chi connectivity index (χ1v) is 10.4. The number of anilines is 2. The lowest BCUT2D eigenvalue weighted by atomic mass is 10.1.